The number of nitrogens with one attached hydrogen (secondary N) is 1. The van der Waals surface area contributed by atoms with E-state index in [1.807, 2.05) is 18.2 Å². The maximum Gasteiger partial charge on any atom is 0.407 e. The Morgan fingerprint density at radius 2 is 1.78 bits per heavy atom. The number of aryl methyl sites for hydroxylation is 2. The largest absolute Gasteiger partial charge is 0.446 e. The number of hydrogen-bond acceptors (Lipinski definition) is 7. The van der Waals surface area contributed by atoms with E-state index in [0.29, 0.717) is 12.5 Å². The van der Waals surface area contributed by atoms with E-state index in [2.05, 4.69) is 56.1 Å². The van der Waals surface area contributed by atoms with Gasteiger partial charge in [0.05, 0.1) is 11.1 Å². The topological polar surface area (TPSA) is 102 Å². The van der Waals surface area contributed by atoms with E-state index in [1.54, 1.807) is 32.3 Å². The minimum absolute atomic E-state index is 0.0564. The summed E-state index contributed by atoms with van der Waals surface area (Å²) in [5, 5.41) is 6.66. The van der Waals surface area contributed by atoms with Crippen molar-refractivity contribution in [3.8, 4) is 0 Å². The van der Waals surface area contributed by atoms with E-state index < -0.39 is 21.3 Å². The van der Waals surface area contributed by atoms with Crippen LogP contribution in [0.3, 0.4) is 0 Å². The number of sulfone groups is 1. The fourth-order valence-corrected chi connectivity index (χ4v) is 10.3. The Bertz CT molecular complexity index is 1930. The molecule has 12 heteroatoms. The van der Waals surface area contributed by atoms with Crippen LogP contribution in [0.5, 0.6) is 0 Å². The zero-order valence-corrected chi connectivity index (χ0v) is 30.6. The van der Waals surface area contributed by atoms with Crippen molar-refractivity contribution in [1.82, 2.24) is 24.6 Å². The molecule has 0 radical (unpaired) electrons. The Hall–Kier alpha value is -4.16. The van der Waals surface area contributed by atoms with Gasteiger partial charge in [0.1, 0.15) is 16.8 Å². The first kappa shape index (κ1) is 35.3. The summed E-state index contributed by atoms with van der Waals surface area (Å²) < 4.78 is 50.9. The van der Waals surface area contributed by atoms with Crippen LogP contribution in [0.1, 0.15) is 43.4 Å². The summed E-state index contributed by atoms with van der Waals surface area (Å²) in [6.07, 6.45) is 9.01. The van der Waals surface area contributed by atoms with E-state index >= 15 is 4.39 Å². The Labute approximate surface area is 300 Å². The summed E-state index contributed by atoms with van der Waals surface area (Å²) in [5.41, 5.74) is 2.77. The molecule has 4 heterocycles. The molecule has 1 saturated carbocycles. The predicted molar refractivity (Wildman–Crippen MR) is 194 cm³/mol. The lowest BCUT2D eigenvalue weighted by Crippen LogP contribution is -2.55. The Balaban J connectivity index is 1.05. The van der Waals surface area contributed by atoms with Crippen LogP contribution in [0.4, 0.5) is 14.9 Å². The average molecular weight is 717 g/mol. The SMILES string of the molecule is CNC(=O)O[C@H]1CCC[C@@H]1C(Cn1cccc1C)(c1cccc(F)c1)C1CCN(CC2CN(c3ccc(S(=O)(=O)c4cnn(C)c4)cc3)C2)CC1. The molecule has 3 fully saturated rings. The highest BCUT2D eigenvalue weighted by Gasteiger charge is 2.53. The van der Waals surface area contributed by atoms with E-state index in [9.17, 15) is 13.2 Å². The van der Waals surface area contributed by atoms with Crippen molar-refractivity contribution in [3.05, 3.63) is 96.3 Å². The number of alkyl carbamates (subject to hydrolysis) is 1. The van der Waals surface area contributed by atoms with Crippen LogP contribution >= 0.6 is 0 Å². The predicted octanol–water partition coefficient (Wildman–Crippen LogP) is 5.81. The third kappa shape index (κ3) is 7.04. The lowest BCUT2D eigenvalue weighted by atomic mass is 9.58. The Kier molecular flexibility index (Phi) is 9.99. The number of piperidine rings is 1. The van der Waals surface area contributed by atoms with Crippen LogP contribution in [0.2, 0.25) is 0 Å². The number of benzene rings is 2. The quantitative estimate of drug-likeness (QED) is 0.209. The molecule has 1 N–H and O–H groups in total. The molecule has 2 saturated heterocycles. The van der Waals surface area contributed by atoms with Crippen LogP contribution in [-0.2, 0) is 33.6 Å². The van der Waals surface area contributed by atoms with Crippen LogP contribution in [0, 0.1) is 30.5 Å². The van der Waals surface area contributed by atoms with Crippen molar-refractivity contribution in [3.63, 3.8) is 0 Å². The Morgan fingerprint density at radius 1 is 1.02 bits per heavy atom. The number of halogens is 1. The van der Waals surface area contributed by atoms with Crippen molar-refractivity contribution in [2.24, 2.45) is 24.8 Å². The van der Waals surface area contributed by atoms with Gasteiger partial charge in [-0.15, -0.1) is 0 Å². The van der Waals surface area contributed by atoms with Crippen molar-refractivity contribution >= 4 is 21.6 Å². The Morgan fingerprint density at radius 3 is 2.43 bits per heavy atom. The third-order valence-electron chi connectivity index (χ3n) is 11.7. The molecule has 3 atom stereocenters. The highest BCUT2D eigenvalue weighted by atomic mass is 32.2. The molecular formula is C39H49FN6O4S. The van der Waals surface area contributed by atoms with Crippen molar-refractivity contribution < 1.29 is 22.3 Å². The second-order valence-corrected chi connectivity index (χ2v) is 16.7. The smallest absolute Gasteiger partial charge is 0.407 e. The van der Waals surface area contributed by atoms with Crippen LogP contribution < -0.4 is 10.2 Å². The molecule has 0 spiro atoms. The van der Waals surface area contributed by atoms with Crippen molar-refractivity contribution in [1.29, 1.82) is 0 Å². The molecule has 1 amide bonds. The molecule has 51 heavy (non-hydrogen) atoms. The second kappa shape index (κ2) is 14.5. The number of carbonyl (C=O) groups is 1. The summed E-state index contributed by atoms with van der Waals surface area (Å²) in [6.45, 7) is 7.59. The lowest BCUT2D eigenvalue weighted by molar-refractivity contribution is 0.00175. The van der Waals surface area contributed by atoms with Crippen LogP contribution in [0.15, 0.2) is 89.0 Å². The van der Waals surface area contributed by atoms with Gasteiger partial charge in [-0.3, -0.25) is 4.68 Å². The van der Waals surface area contributed by atoms with Gasteiger partial charge in [-0.05, 0) is 112 Å². The molecular weight excluding hydrogens is 668 g/mol. The van der Waals surface area contributed by atoms with Crippen molar-refractivity contribution in [2.45, 2.75) is 66.9 Å². The number of anilines is 1. The highest BCUT2D eigenvalue weighted by molar-refractivity contribution is 7.91. The zero-order chi connectivity index (χ0) is 35.8. The summed E-state index contributed by atoms with van der Waals surface area (Å²) in [6, 6.07) is 18.5. The van der Waals surface area contributed by atoms with Crippen molar-refractivity contribution in [2.75, 3.05) is 44.7 Å². The first-order valence-electron chi connectivity index (χ1n) is 18.1. The number of nitrogens with zero attached hydrogens (tertiary/aromatic N) is 5. The van der Waals surface area contributed by atoms with Gasteiger partial charge in [0, 0.05) is 81.3 Å². The molecule has 272 valence electrons. The normalized spacial score (nSPS) is 21.7. The molecule has 2 aromatic carbocycles. The van der Waals surface area contributed by atoms with E-state index in [1.165, 1.54) is 23.1 Å². The van der Waals surface area contributed by atoms with Gasteiger partial charge >= 0.3 is 6.09 Å². The first-order valence-corrected chi connectivity index (χ1v) is 19.6. The second-order valence-electron chi connectivity index (χ2n) is 14.8. The van der Waals surface area contributed by atoms with Gasteiger partial charge in [0.25, 0.3) is 0 Å². The monoisotopic (exact) mass is 716 g/mol. The number of ether oxygens (including phenoxy) is 1. The average Bonchev–Trinajstić information content (AvgIpc) is 3.87. The molecule has 7 rings (SSSR count). The van der Waals surface area contributed by atoms with Gasteiger partial charge in [-0.1, -0.05) is 12.1 Å². The minimum atomic E-state index is -3.60. The molecule has 3 aliphatic rings. The molecule has 10 nitrogen and oxygen atoms in total. The maximum atomic E-state index is 15.1. The van der Waals surface area contributed by atoms with Gasteiger partial charge in [0.15, 0.2) is 0 Å². The van der Waals surface area contributed by atoms with E-state index in [-0.39, 0.29) is 33.5 Å². The number of aromatic nitrogens is 3. The molecule has 2 aliphatic heterocycles. The maximum absolute atomic E-state index is 15.1. The number of hydrogen-bond donors (Lipinski definition) is 1. The fraction of sp³-hybridized carbons (Fsp3) is 0.487. The molecule has 4 aromatic rings. The molecule has 1 aliphatic carbocycles. The fourth-order valence-electron chi connectivity index (χ4n) is 9.08. The highest BCUT2D eigenvalue weighted by Crippen LogP contribution is 2.52. The molecule has 0 bridgehead atoms. The number of carbonyl (C=O) groups excluding carboxylic acids is 1. The van der Waals surface area contributed by atoms with Gasteiger partial charge in [-0.2, -0.15) is 5.10 Å². The zero-order valence-electron chi connectivity index (χ0n) is 29.7. The minimum Gasteiger partial charge on any atom is -0.446 e. The van der Waals surface area contributed by atoms with Crippen LogP contribution in [0.25, 0.3) is 0 Å². The lowest BCUT2D eigenvalue weighted by Gasteiger charge is -2.51. The first-order chi connectivity index (χ1) is 24.6. The third-order valence-corrected chi connectivity index (χ3v) is 13.4. The van der Waals surface area contributed by atoms with Crippen LogP contribution in [-0.4, -0.2) is 79.6 Å². The summed E-state index contributed by atoms with van der Waals surface area (Å²) in [5.74, 6) is 0.618. The van der Waals surface area contributed by atoms with Gasteiger partial charge < -0.3 is 24.4 Å². The molecule has 2 aromatic heterocycles. The summed E-state index contributed by atoms with van der Waals surface area (Å²) in [4.78, 5) is 17.9. The van der Waals surface area contributed by atoms with E-state index in [0.717, 1.165) is 81.8 Å². The summed E-state index contributed by atoms with van der Waals surface area (Å²) in [7, 11) is -0.300. The standard InChI is InChI=1S/C39H49FN6O4S/c1-28-7-6-18-45(28)27-39(31-8-4-9-32(40)21-31,36-10-5-11-37(36)50-38(47)41-2)30-16-19-44(20-17-30)23-29-24-46(25-29)33-12-14-34(15-13-33)51(48,49)35-22-42-43(3)26-35/h4,6-9,12-15,18,21-22,26,29-30,36-37H,5,10-11,16-17,19-20,23-25,27H2,1-3H3,(H,41,47)/t36-,37-,39?/m0/s1. The number of rotatable bonds is 11. The molecule has 1 unspecified atom stereocenters. The van der Waals surface area contributed by atoms with E-state index in [4.69, 9.17) is 4.74 Å². The van der Waals surface area contributed by atoms with Gasteiger partial charge in [-0.25, -0.2) is 17.6 Å². The summed E-state index contributed by atoms with van der Waals surface area (Å²) >= 11 is 0. The van der Waals surface area contributed by atoms with Gasteiger partial charge in [0.2, 0.25) is 9.84 Å². The number of amides is 1. The number of likely N-dealkylation sites (tertiary alicyclic amines) is 1.